The first kappa shape index (κ1) is 15.5. The summed E-state index contributed by atoms with van der Waals surface area (Å²) in [5.41, 5.74) is 2.55. The summed E-state index contributed by atoms with van der Waals surface area (Å²) in [7, 11) is 0. The number of hydrogen-bond donors (Lipinski definition) is 2. The quantitative estimate of drug-likeness (QED) is 0.875. The zero-order valence-electron chi connectivity index (χ0n) is 12.9. The smallest absolute Gasteiger partial charge is 0.310 e. The Morgan fingerprint density at radius 3 is 2.24 bits per heavy atom. The molecule has 1 atom stereocenters. The summed E-state index contributed by atoms with van der Waals surface area (Å²) >= 11 is 0. The van der Waals surface area contributed by atoms with Crippen LogP contribution in [0.2, 0.25) is 0 Å². The number of carbonyl (C=O) groups is 2. The van der Waals surface area contributed by atoms with E-state index in [1.165, 1.54) is 0 Å². The highest BCUT2D eigenvalue weighted by molar-refractivity contribution is 5.85. The van der Waals surface area contributed by atoms with Gasteiger partial charge >= 0.3 is 5.97 Å². The molecule has 1 amide bonds. The van der Waals surface area contributed by atoms with E-state index in [0.717, 1.165) is 23.1 Å². The van der Waals surface area contributed by atoms with E-state index in [2.05, 4.69) is 11.4 Å². The Hall–Kier alpha value is -1.84. The topological polar surface area (TPSA) is 66.4 Å². The van der Waals surface area contributed by atoms with Crippen LogP contribution in [0.3, 0.4) is 0 Å². The van der Waals surface area contributed by atoms with Gasteiger partial charge in [0.25, 0.3) is 0 Å². The lowest BCUT2D eigenvalue weighted by molar-refractivity contribution is -0.157. The Morgan fingerprint density at radius 2 is 1.81 bits per heavy atom. The van der Waals surface area contributed by atoms with Gasteiger partial charge in [0.05, 0.1) is 11.5 Å². The highest BCUT2D eigenvalue weighted by atomic mass is 16.4. The molecule has 0 aliphatic heterocycles. The molecule has 1 fully saturated rings. The van der Waals surface area contributed by atoms with Crippen molar-refractivity contribution in [1.29, 1.82) is 0 Å². The van der Waals surface area contributed by atoms with Crippen molar-refractivity contribution in [2.24, 2.45) is 5.41 Å². The van der Waals surface area contributed by atoms with Crippen LogP contribution >= 0.6 is 0 Å². The van der Waals surface area contributed by atoms with Crippen molar-refractivity contribution in [3.05, 3.63) is 34.9 Å². The molecule has 21 heavy (non-hydrogen) atoms. The molecular formula is C17H23NO3. The van der Waals surface area contributed by atoms with E-state index in [1.54, 1.807) is 0 Å². The molecule has 4 nitrogen and oxygen atoms in total. The number of hydrogen-bond acceptors (Lipinski definition) is 2. The molecule has 1 aliphatic rings. The zero-order chi connectivity index (χ0) is 15.6. The molecule has 1 saturated carbocycles. The first-order chi connectivity index (χ1) is 9.82. The molecule has 1 aromatic rings. The number of amides is 1. The van der Waals surface area contributed by atoms with Gasteiger partial charge in [-0.05, 0) is 39.2 Å². The second-order valence-electron chi connectivity index (χ2n) is 6.33. The second-order valence-corrected chi connectivity index (χ2v) is 6.33. The molecule has 1 unspecified atom stereocenters. The molecule has 0 spiro atoms. The van der Waals surface area contributed by atoms with Crippen LogP contribution in [0.4, 0.5) is 0 Å². The van der Waals surface area contributed by atoms with E-state index in [-0.39, 0.29) is 18.4 Å². The molecule has 4 heteroatoms. The average molecular weight is 289 g/mol. The van der Waals surface area contributed by atoms with Gasteiger partial charge in [-0.25, -0.2) is 0 Å². The van der Waals surface area contributed by atoms with Gasteiger partial charge in [0.15, 0.2) is 0 Å². The van der Waals surface area contributed by atoms with Crippen LogP contribution in [0.5, 0.6) is 0 Å². The first-order valence-corrected chi connectivity index (χ1v) is 7.43. The number of carbonyl (C=O) groups excluding carboxylic acids is 1. The number of aliphatic carboxylic acids is 1. The Labute approximate surface area is 125 Å². The molecule has 0 aromatic heterocycles. The van der Waals surface area contributed by atoms with Crippen LogP contribution in [0, 0.1) is 19.3 Å². The molecular weight excluding hydrogens is 266 g/mol. The van der Waals surface area contributed by atoms with Gasteiger partial charge in [0.2, 0.25) is 5.91 Å². The van der Waals surface area contributed by atoms with Crippen molar-refractivity contribution in [2.75, 3.05) is 0 Å². The standard InChI is InChI=1S/C17H23NO3/c1-11-7-12(2)9-14(8-11)13(3)18-15(19)10-17(16(20)21)5-4-6-17/h7-9,13H,4-6,10H2,1-3H3,(H,18,19)(H,20,21). The van der Waals surface area contributed by atoms with Gasteiger partial charge in [0, 0.05) is 6.42 Å². The number of aryl methyl sites for hydroxylation is 2. The molecule has 0 saturated heterocycles. The monoisotopic (exact) mass is 289 g/mol. The van der Waals surface area contributed by atoms with Gasteiger partial charge in [-0.1, -0.05) is 35.7 Å². The van der Waals surface area contributed by atoms with E-state index in [9.17, 15) is 14.7 Å². The molecule has 0 radical (unpaired) electrons. The number of nitrogens with one attached hydrogen (secondary N) is 1. The van der Waals surface area contributed by atoms with Crippen molar-refractivity contribution in [3.8, 4) is 0 Å². The lowest BCUT2D eigenvalue weighted by Gasteiger charge is -2.37. The fourth-order valence-corrected chi connectivity index (χ4v) is 3.01. The van der Waals surface area contributed by atoms with E-state index in [0.29, 0.717) is 12.8 Å². The largest absolute Gasteiger partial charge is 0.481 e. The lowest BCUT2D eigenvalue weighted by atomic mass is 9.66. The predicted octanol–water partition coefficient (Wildman–Crippen LogP) is 3.13. The minimum Gasteiger partial charge on any atom is -0.481 e. The van der Waals surface area contributed by atoms with Gasteiger partial charge in [-0.2, -0.15) is 0 Å². The van der Waals surface area contributed by atoms with Gasteiger partial charge < -0.3 is 10.4 Å². The predicted molar refractivity (Wildman–Crippen MR) is 81.0 cm³/mol. The average Bonchev–Trinajstić information content (AvgIpc) is 2.32. The highest BCUT2D eigenvalue weighted by Crippen LogP contribution is 2.44. The molecule has 1 aliphatic carbocycles. The summed E-state index contributed by atoms with van der Waals surface area (Å²) in [6, 6.07) is 6.08. The van der Waals surface area contributed by atoms with Gasteiger partial charge in [0.1, 0.15) is 0 Å². The first-order valence-electron chi connectivity index (χ1n) is 7.43. The summed E-state index contributed by atoms with van der Waals surface area (Å²) < 4.78 is 0. The third-order valence-electron chi connectivity index (χ3n) is 4.38. The third kappa shape index (κ3) is 3.43. The molecule has 0 heterocycles. The highest BCUT2D eigenvalue weighted by Gasteiger charge is 2.45. The number of rotatable bonds is 5. The fourth-order valence-electron chi connectivity index (χ4n) is 3.01. The van der Waals surface area contributed by atoms with Gasteiger partial charge in [-0.3, -0.25) is 9.59 Å². The summed E-state index contributed by atoms with van der Waals surface area (Å²) in [6.45, 7) is 5.98. The van der Waals surface area contributed by atoms with Crippen molar-refractivity contribution in [2.45, 2.75) is 52.5 Å². The molecule has 1 aromatic carbocycles. The van der Waals surface area contributed by atoms with E-state index < -0.39 is 11.4 Å². The molecule has 2 rings (SSSR count). The second kappa shape index (κ2) is 5.88. The van der Waals surface area contributed by atoms with Crippen LogP contribution < -0.4 is 5.32 Å². The lowest BCUT2D eigenvalue weighted by Crippen LogP contribution is -2.43. The van der Waals surface area contributed by atoms with Crippen LogP contribution in [0.25, 0.3) is 0 Å². The van der Waals surface area contributed by atoms with Crippen molar-refractivity contribution in [1.82, 2.24) is 5.32 Å². The normalized spacial score (nSPS) is 17.7. The Bertz CT molecular complexity index is 541. The van der Waals surface area contributed by atoms with E-state index in [4.69, 9.17) is 0 Å². The molecule has 0 bridgehead atoms. The fraction of sp³-hybridized carbons (Fsp3) is 0.529. The van der Waals surface area contributed by atoms with Crippen LogP contribution in [0.15, 0.2) is 18.2 Å². The van der Waals surface area contributed by atoms with Crippen LogP contribution in [0.1, 0.15) is 55.3 Å². The van der Waals surface area contributed by atoms with Gasteiger partial charge in [-0.15, -0.1) is 0 Å². The van der Waals surface area contributed by atoms with Crippen molar-refractivity contribution in [3.63, 3.8) is 0 Å². The maximum atomic E-state index is 12.1. The summed E-state index contributed by atoms with van der Waals surface area (Å²) in [5, 5.41) is 12.2. The van der Waals surface area contributed by atoms with E-state index >= 15 is 0 Å². The summed E-state index contributed by atoms with van der Waals surface area (Å²) in [4.78, 5) is 23.4. The molecule has 114 valence electrons. The van der Waals surface area contributed by atoms with Crippen LogP contribution in [-0.2, 0) is 9.59 Å². The Balaban J connectivity index is 2.00. The third-order valence-corrected chi connectivity index (χ3v) is 4.38. The SMILES string of the molecule is Cc1cc(C)cc(C(C)NC(=O)CC2(C(=O)O)CCC2)c1. The number of carboxylic acids is 1. The minimum atomic E-state index is -0.844. The van der Waals surface area contributed by atoms with Crippen molar-refractivity contribution >= 4 is 11.9 Å². The maximum Gasteiger partial charge on any atom is 0.310 e. The maximum absolute atomic E-state index is 12.1. The Kier molecular flexibility index (Phi) is 4.35. The van der Waals surface area contributed by atoms with Crippen molar-refractivity contribution < 1.29 is 14.7 Å². The number of carboxylic acid groups (broad SMARTS) is 1. The summed E-state index contributed by atoms with van der Waals surface area (Å²) in [5.74, 6) is -1.02. The molecule has 2 N–H and O–H groups in total. The van der Waals surface area contributed by atoms with Crippen LogP contribution in [-0.4, -0.2) is 17.0 Å². The Morgan fingerprint density at radius 1 is 1.24 bits per heavy atom. The van der Waals surface area contributed by atoms with E-state index in [1.807, 2.05) is 32.9 Å². The number of benzene rings is 1. The zero-order valence-corrected chi connectivity index (χ0v) is 12.9. The minimum absolute atomic E-state index is 0.0808. The summed E-state index contributed by atoms with van der Waals surface area (Å²) in [6.07, 6.45) is 2.19.